The molecule has 0 saturated heterocycles. The number of hydrogen-bond acceptors (Lipinski definition) is 3. The number of nitrogens with one attached hydrogen (secondary N) is 1. The van der Waals surface area contributed by atoms with E-state index in [1.165, 1.54) is 11.8 Å². The first-order valence-corrected chi connectivity index (χ1v) is 8.41. The van der Waals surface area contributed by atoms with Crippen molar-refractivity contribution in [3.63, 3.8) is 0 Å². The van der Waals surface area contributed by atoms with Crippen LogP contribution in [0.5, 0.6) is 0 Å². The van der Waals surface area contributed by atoms with Crippen LogP contribution in [0.3, 0.4) is 0 Å². The number of hydrogen-bond donors (Lipinski definition) is 1. The number of nitrogens with zero attached hydrogens (tertiary/aromatic N) is 1. The molecular weight excluding hydrogens is 304 g/mol. The molecular formula is C19H20N2OS. The summed E-state index contributed by atoms with van der Waals surface area (Å²) >= 11 is 1.45. The van der Waals surface area contributed by atoms with E-state index in [2.05, 4.69) is 25.2 Å². The van der Waals surface area contributed by atoms with Crippen molar-refractivity contribution in [2.24, 2.45) is 5.92 Å². The van der Waals surface area contributed by atoms with Crippen LogP contribution in [0.4, 0.5) is 0 Å². The van der Waals surface area contributed by atoms with Gasteiger partial charge in [-0.3, -0.25) is 4.79 Å². The van der Waals surface area contributed by atoms with E-state index >= 15 is 0 Å². The van der Waals surface area contributed by atoms with Crippen LogP contribution in [0.25, 0.3) is 0 Å². The monoisotopic (exact) mass is 324 g/mol. The molecule has 1 N–H and O–H groups in total. The summed E-state index contributed by atoms with van der Waals surface area (Å²) in [6.07, 6.45) is 0. The third-order valence-corrected chi connectivity index (χ3v) is 4.87. The van der Waals surface area contributed by atoms with Crippen LogP contribution < -0.4 is 5.32 Å². The molecule has 0 aliphatic carbocycles. The Kier molecular flexibility index (Phi) is 5.84. The molecule has 0 saturated carbocycles. The van der Waals surface area contributed by atoms with Gasteiger partial charge in [0.05, 0.1) is 11.1 Å². The maximum absolute atomic E-state index is 12.5. The van der Waals surface area contributed by atoms with E-state index in [-0.39, 0.29) is 11.9 Å². The van der Waals surface area contributed by atoms with Gasteiger partial charge in [0.15, 0.2) is 0 Å². The normalized spacial score (nSPS) is 11.8. The first-order valence-electron chi connectivity index (χ1n) is 7.59. The van der Waals surface area contributed by atoms with Crippen LogP contribution in [0.2, 0.25) is 0 Å². The lowest BCUT2D eigenvalue weighted by Crippen LogP contribution is -2.36. The van der Waals surface area contributed by atoms with E-state index in [1.807, 2.05) is 49.4 Å². The van der Waals surface area contributed by atoms with Crippen molar-refractivity contribution in [1.82, 2.24) is 5.32 Å². The van der Waals surface area contributed by atoms with E-state index in [1.54, 1.807) is 6.07 Å². The first-order chi connectivity index (χ1) is 11.0. The summed E-state index contributed by atoms with van der Waals surface area (Å²) in [7, 11) is 0. The highest BCUT2D eigenvalue weighted by Gasteiger charge is 2.16. The maximum atomic E-state index is 12.5. The zero-order chi connectivity index (χ0) is 16.8. The van der Waals surface area contributed by atoms with Crippen molar-refractivity contribution in [2.75, 3.05) is 0 Å². The van der Waals surface area contributed by atoms with Gasteiger partial charge in [-0.1, -0.05) is 49.9 Å². The summed E-state index contributed by atoms with van der Waals surface area (Å²) in [5.74, 6) is 0.293. The predicted octanol–water partition coefficient (Wildman–Crippen LogP) is 4.48. The fourth-order valence-corrected chi connectivity index (χ4v) is 2.99. The molecule has 2 aromatic carbocycles. The predicted molar refractivity (Wildman–Crippen MR) is 93.5 cm³/mol. The lowest BCUT2D eigenvalue weighted by molar-refractivity contribution is 0.0927. The molecule has 118 valence electrons. The SMILES string of the molecule is CC(C)C(C)NC(=O)c1ccccc1Sc1ccccc1C#N. The molecule has 0 heterocycles. The fraction of sp³-hybridized carbons (Fsp3) is 0.263. The quantitative estimate of drug-likeness (QED) is 0.882. The van der Waals surface area contributed by atoms with Gasteiger partial charge in [-0.05, 0) is 37.1 Å². The summed E-state index contributed by atoms with van der Waals surface area (Å²) < 4.78 is 0. The number of carbonyl (C=O) groups is 1. The van der Waals surface area contributed by atoms with Crippen LogP contribution in [0.15, 0.2) is 58.3 Å². The van der Waals surface area contributed by atoms with Gasteiger partial charge in [-0.2, -0.15) is 5.26 Å². The number of rotatable bonds is 5. The van der Waals surface area contributed by atoms with E-state index in [9.17, 15) is 10.1 Å². The van der Waals surface area contributed by atoms with Crippen molar-refractivity contribution >= 4 is 17.7 Å². The van der Waals surface area contributed by atoms with Gasteiger partial charge in [0.2, 0.25) is 0 Å². The van der Waals surface area contributed by atoms with Crippen LogP contribution in [0.1, 0.15) is 36.7 Å². The van der Waals surface area contributed by atoms with Crippen LogP contribution in [0, 0.1) is 17.2 Å². The maximum Gasteiger partial charge on any atom is 0.252 e. The Morgan fingerprint density at radius 3 is 2.30 bits per heavy atom. The number of carbonyl (C=O) groups excluding carboxylic acids is 1. The van der Waals surface area contributed by atoms with E-state index in [0.717, 1.165) is 9.79 Å². The molecule has 0 aliphatic heterocycles. The van der Waals surface area contributed by atoms with Gasteiger partial charge in [-0.15, -0.1) is 0 Å². The highest BCUT2D eigenvalue weighted by atomic mass is 32.2. The molecule has 0 fully saturated rings. The second-order valence-corrected chi connectivity index (χ2v) is 6.80. The minimum atomic E-state index is -0.0799. The molecule has 0 aromatic heterocycles. The smallest absolute Gasteiger partial charge is 0.252 e. The highest BCUT2D eigenvalue weighted by Crippen LogP contribution is 2.32. The van der Waals surface area contributed by atoms with Crippen molar-refractivity contribution in [3.05, 3.63) is 59.7 Å². The van der Waals surface area contributed by atoms with Crippen LogP contribution >= 0.6 is 11.8 Å². The van der Waals surface area contributed by atoms with Gasteiger partial charge >= 0.3 is 0 Å². The average molecular weight is 324 g/mol. The van der Waals surface area contributed by atoms with E-state index in [4.69, 9.17) is 0 Å². The summed E-state index contributed by atoms with van der Waals surface area (Å²) in [6, 6.07) is 17.2. The largest absolute Gasteiger partial charge is 0.349 e. The molecule has 1 amide bonds. The van der Waals surface area contributed by atoms with Gasteiger partial charge in [0.1, 0.15) is 6.07 Å². The Bertz CT molecular complexity index is 734. The Balaban J connectivity index is 2.28. The zero-order valence-electron chi connectivity index (χ0n) is 13.5. The van der Waals surface area contributed by atoms with Crippen LogP contribution in [-0.4, -0.2) is 11.9 Å². The molecule has 1 unspecified atom stereocenters. The fourth-order valence-electron chi connectivity index (χ4n) is 1.96. The van der Waals surface area contributed by atoms with Crippen molar-refractivity contribution in [3.8, 4) is 6.07 Å². The molecule has 2 aromatic rings. The molecule has 2 rings (SSSR count). The molecule has 3 nitrogen and oxygen atoms in total. The summed E-state index contributed by atoms with van der Waals surface area (Å²) in [5, 5.41) is 12.2. The molecule has 0 bridgehead atoms. The van der Waals surface area contributed by atoms with Crippen molar-refractivity contribution < 1.29 is 4.79 Å². The summed E-state index contributed by atoms with van der Waals surface area (Å²) in [4.78, 5) is 14.2. The Hall–Kier alpha value is -2.25. The van der Waals surface area contributed by atoms with Gasteiger partial charge in [0, 0.05) is 15.8 Å². The standard InChI is InChI=1S/C19H20N2OS/c1-13(2)14(3)21-19(22)16-9-5-7-11-18(16)23-17-10-6-4-8-15(17)12-20/h4-11,13-14H,1-3H3,(H,21,22). The topological polar surface area (TPSA) is 52.9 Å². The zero-order valence-corrected chi connectivity index (χ0v) is 14.4. The number of benzene rings is 2. The molecule has 0 spiro atoms. The summed E-state index contributed by atoms with van der Waals surface area (Å²) in [6.45, 7) is 6.16. The number of amides is 1. The second-order valence-electron chi connectivity index (χ2n) is 5.71. The molecule has 4 heteroatoms. The van der Waals surface area contributed by atoms with E-state index < -0.39 is 0 Å². The van der Waals surface area contributed by atoms with E-state index in [0.29, 0.717) is 17.0 Å². The summed E-state index contributed by atoms with van der Waals surface area (Å²) in [5.41, 5.74) is 1.25. The third kappa shape index (κ3) is 4.37. The van der Waals surface area contributed by atoms with Crippen LogP contribution in [-0.2, 0) is 0 Å². The molecule has 23 heavy (non-hydrogen) atoms. The van der Waals surface area contributed by atoms with Gasteiger partial charge < -0.3 is 5.32 Å². The lowest BCUT2D eigenvalue weighted by atomic mass is 10.1. The second kappa shape index (κ2) is 7.85. The van der Waals surface area contributed by atoms with Crippen molar-refractivity contribution in [2.45, 2.75) is 36.6 Å². The highest BCUT2D eigenvalue weighted by molar-refractivity contribution is 7.99. The lowest BCUT2D eigenvalue weighted by Gasteiger charge is -2.18. The van der Waals surface area contributed by atoms with Crippen molar-refractivity contribution in [1.29, 1.82) is 5.26 Å². The van der Waals surface area contributed by atoms with Gasteiger partial charge in [-0.25, -0.2) is 0 Å². The molecule has 0 radical (unpaired) electrons. The number of nitriles is 1. The third-order valence-electron chi connectivity index (χ3n) is 3.72. The minimum Gasteiger partial charge on any atom is -0.349 e. The minimum absolute atomic E-state index is 0.0799. The first kappa shape index (κ1) is 17.1. The Labute approximate surface area is 141 Å². The average Bonchev–Trinajstić information content (AvgIpc) is 2.55. The molecule has 0 aliphatic rings. The Morgan fingerprint density at radius 1 is 1.04 bits per heavy atom. The Morgan fingerprint density at radius 2 is 1.65 bits per heavy atom. The van der Waals surface area contributed by atoms with Gasteiger partial charge in [0.25, 0.3) is 5.91 Å². The molecule has 1 atom stereocenters.